The zero-order valence-electron chi connectivity index (χ0n) is 9.20. The van der Waals surface area contributed by atoms with Crippen molar-refractivity contribution in [1.82, 2.24) is 15.1 Å². The molecule has 1 fully saturated rings. The number of halogens is 1. The topological polar surface area (TPSA) is 29.9 Å². The zero-order valence-corrected chi connectivity index (χ0v) is 9.96. The van der Waals surface area contributed by atoms with Gasteiger partial charge in [0.2, 0.25) is 0 Å². The van der Waals surface area contributed by atoms with Crippen LogP contribution < -0.4 is 5.32 Å². The Hall–Kier alpha value is -1.06. The lowest BCUT2D eigenvalue weighted by Crippen LogP contribution is -2.12. The smallest absolute Gasteiger partial charge is 0.158 e. The maximum absolute atomic E-state index is 6.10. The molecule has 4 heteroatoms. The summed E-state index contributed by atoms with van der Waals surface area (Å²) in [4.78, 5) is 0. The van der Waals surface area contributed by atoms with E-state index in [0.717, 1.165) is 17.4 Å². The summed E-state index contributed by atoms with van der Waals surface area (Å²) >= 11 is 6.10. The normalized spacial score (nSPS) is 20.8. The molecular formula is C12H14ClN3. The van der Waals surface area contributed by atoms with Gasteiger partial charge in [-0.25, -0.2) is 0 Å². The predicted octanol–water partition coefficient (Wildman–Crippen LogP) is 2.65. The maximum Gasteiger partial charge on any atom is 0.158 e. The molecule has 1 aromatic carbocycles. The number of aromatic nitrogens is 2. The van der Waals surface area contributed by atoms with E-state index >= 15 is 0 Å². The number of nitrogens with one attached hydrogen (secondary N) is 1. The molecule has 3 nitrogen and oxygen atoms in total. The average Bonchev–Trinajstić information content (AvgIpc) is 2.88. The van der Waals surface area contributed by atoms with Crippen molar-refractivity contribution in [2.24, 2.45) is 7.05 Å². The van der Waals surface area contributed by atoms with E-state index in [0.29, 0.717) is 11.2 Å². The first kappa shape index (κ1) is 10.1. The Morgan fingerprint density at radius 1 is 1.50 bits per heavy atom. The summed E-state index contributed by atoms with van der Waals surface area (Å²) in [6, 6.07) is 6.92. The number of hydrogen-bond acceptors (Lipinski definition) is 2. The minimum absolute atomic E-state index is 0.487. The Labute approximate surface area is 99.4 Å². The third-order valence-corrected chi connectivity index (χ3v) is 3.57. The molecule has 0 saturated carbocycles. The molecule has 0 aliphatic carbocycles. The highest BCUT2D eigenvalue weighted by atomic mass is 35.5. The van der Waals surface area contributed by atoms with Gasteiger partial charge in [-0.15, -0.1) is 0 Å². The Morgan fingerprint density at radius 3 is 3.12 bits per heavy atom. The summed E-state index contributed by atoms with van der Waals surface area (Å²) in [6.45, 7) is 1.11. The molecule has 1 aromatic heterocycles. The van der Waals surface area contributed by atoms with Gasteiger partial charge in [0.1, 0.15) is 0 Å². The van der Waals surface area contributed by atoms with Gasteiger partial charge in [-0.3, -0.25) is 4.68 Å². The van der Waals surface area contributed by atoms with E-state index in [9.17, 15) is 0 Å². The second kappa shape index (κ2) is 3.75. The van der Waals surface area contributed by atoms with E-state index in [2.05, 4.69) is 28.6 Å². The average molecular weight is 236 g/mol. The second-order valence-corrected chi connectivity index (χ2v) is 4.70. The Morgan fingerprint density at radius 2 is 2.38 bits per heavy atom. The third-order valence-electron chi connectivity index (χ3n) is 3.29. The first-order valence-electron chi connectivity index (χ1n) is 5.61. The highest BCUT2D eigenvalue weighted by Crippen LogP contribution is 2.29. The van der Waals surface area contributed by atoms with Gasteiger partial charge >= 0.3 is 0 Å². The van der Waals surface area contributed by atoms with Gasteiger partial charge in [0.05, 0.1) is 5.52 Å². The van der Waals surface area contributed by atoms with Crippen molar-refractivity contribution in [3.05, 3.63) is 28.9 Å². The summed E-state index contributed by atoms with van der Waals surface area (Å²) in [5.41, 5.74) is 2.41. The molecular weight excluding hydrogens is 222 g/mol. The van der Waals surface area contributed by atoms with Crippen molar-refractivity contribution in [2.45, 2.75) is 18.9 Å². The van der Waals surface area contributed by atoms with E-state index in [1.54, 1.807) is 0 Å². The van der Waals surface area contributed by atoms with Crippen molar-refractivity contribution < 1.29 is 0 Å². The number of hydrogen-bond donors (Lipinski definition) is 1. The molecule has 0 amide bonds. The van der Waals surface area contributed by atoms with Gasteiger partial charge in [-0.05, 0) is 37.1 Å². The summed E-state index contributed by atoms with van der Waals surface area (Å²) in [7, 11) is 1.92. The van der Waals surface area contributed by atoms with Crippen LogP contribution >= 0.6 is 11.6 Å². The number of aryl methyl sites for hydroxylation is 1. The molecule has 0 radical (unpaired) electrons. The summed E-state index contributed by atoms with van der Waals surface area (Å²) in [6.07, 6.45) is 2.47. The molecule has 1 N–H and O–H groups in total. The Balaban J connectivity index is 2.11. The summed E-state index contributed by atoms with van der Waals surface area (Å²) in [5, 5.41) is 9.36. The fourth-order valence-corrected chi connectivity index (χ4v) is 2.69. The van der Waals surface area contributed by atoms with Gasteiger partial charge in [0.15, 0.2) is 5.15 Å². The monoisotopic (exact) mass is 235 g/mol. The third kappa shape index (κ3) is 1.51. The maximum atomic E-state index is 6.10. The number of nitrogens with zero attached hydrogens (tertiary/aromatic N) is 2. The molecule has 1 unspecified atom stereocenters. The Bertz CT molecular complexity index is 526. The lowest BCUT2D eigenvalue weighted by Gasteiger charge is -2.10. The van der Waals surface area contributed by atoms with Crippen LogP contribution in [0.25, 0.3) is 10.9 Å². The number of benzene rings is 1. The van der Waals surface area contributed by atoms with Crippen LogP contribution in [-0.2, 0) is 7.05 Å². The zero-order chi connectivity index (χ0) is 11.1. The fourth-order valence-electron chi connectivity index (χ4n) is 2.43. The van der Waals surface area contributed by atoms with E-state index in [4.69, 9.17) is 11.6 Å². The lowest BCUT2D eigenvalue weighted by atomic mass is 10.0. The standard InChI is InChI=1S/C12H14ClN3/c1-16-11-5-4-8(10-3-2-6-14-10)7-9(11)12(13)15-16/h4-5,7,10,14H,2-3,6H2,1H3. The van der Waals surface area contributed by atoms with Crippen LogP contribution in [0.2, 0.25) is 5.15 Å². The summed E-state index contributed by atoms with van der Waals surface area (Å²) in [5.74, 6) is 0. The van der Waals surface area contributed by atoms with Crippen LogP contribution in [0.15, 0.2) is 18.2 Å². The van der Waals surface area contributed by atoms with Gasteiger partial charge in [0, 0.05) is 18.5 Å². The SMILES string of the molecule is Cn1nc(Cl)c2cc(C3CCCN3)ccc21. The van der Waals surface area contributed by atoms with Gasteiger partial charge in [-0.2, -0.15) is 5.10 Å². The van der Waals surface area contributed by atoms with Crippen LogP contribution in [0.1, 0.15) is 24.4 Å². The highest BCUT2D eigenvalue weighted by molar-refractivity contribution is 6.34. The van der Waals surface area contributed by atoms with Crippen molar-refractivity contribution in [1.29, 1.82) is 0 Å². The lowest BCUT2D eigenvalue weighted by molar-refractivity contribution is 0.648. The van der Waals surface area contributed by atoms with Crippen LogP contribution in [0.4, 0.5) is 0 Å². The first-order valence-corrected chi connectivity index (χ1v) is 5.99. The number of fused-ring (bicyclic) bond motifs is 1. The molecule has 1 aliphatic rings. The molecule has 1 atom stereocenters. The molecule has 0 spiro atoms. The second-order valence-electron chi connectivity index (χ2n) is 4.34. The van der Waals surface area contributed by atoms with Crippen LogP contribution in [-0.4, -0.2) is 16.3 Å². The fraction of sp³-hybridized carbons (Fsp3) is 0.417. The van der Waals surface area contributed by atoms with Crippen LogP contribution in [0.5, 0.6) is 0 Å². The van der Waals surface area contributed by atoms with E-state index < -0.39 is 0 Å². The predicted molar refractivity (Wildman–Crippen MR) is 65.7 cm³/mol. The van der Waals surface area contributed by atoms with Gasteiger partial charge < -0.3 is 5.32 Å². The van der Waals surface area contributed by atoms with Crippen LogP contribution in [0.3, 0.4) is 0 Å². The molecule has 1 saturated heterocycles. The first-order chi connectivity index (χ1) is 7.75. The molecule has 0 bridgehead atoms. The number of rotatable bonds is 1. The molecule has 2 heterocycles. The summed E-state index contributed by atoms with van der Waals surface area (Å²) < 4.78 is 1.82. The van der Waals surface area contributed by atoms with Gasteiger partial charge in [-0.1, -0.05) is 17.7 Å². The van der Waals surface area contributed by atoms with Crippen molar-refractivity contribution in [3.63, 3.8) is 0 Å². The quantitative estimate of drug-likeness (QED) is 0.824. The molecule has 16 heavy (non-hydrogen) atoms. The van der Waals surface area contributed by atoms with Crippen molar-refractivity contribution >= 4 is 22.5 Å². The van der Waals surface area contributed by atoms with Gasteiger partial charge in [0.25, 0.3) is 0 Å². The minimum atomic E-state index is 0.487. The van der Waals surface area contributed by atoms with E-state index in [-0.39, 0.29) is 0 Å². The van der Waals surface area contributed by atoms with E-state index in [1.807, 2.05) is 11.7 Å². The molecule has 3 rings (SSSR count). The highest BCUT2D eigenvalue weighted by Gasteiger charge is 2.17. The van der Waals surface area contributed by atoms with Crippen molar-refractivity contribution in [2.75, 3.05) is 6.54 Å². The van der Waals surface area contributed by atoms with Crippen LogP contribution in [0, 0.1) is 0 Å². The largest absolute Gasteiger partial charge is 0.310 e. The van der Waals surface area contributed by atoms with Crippen molar-refractivity contribution in [3.8, 4) is 0 Å². The molecule has 1 aliphatic heterocycles. The van der Waals surface area contributed by atoms with E-state index in [1.165, 1.54) is 18.4 Å². The Kier molecular flexibility index (Phi) is 2.37. The molecule has 2 aromatic rings. The molecule has 84 valence electrons. The minimum Gasteiger partial charge on any atom is -0.310 e.